The first kappa shape index (κ1) is 18.1. The number of hydrogen-bond donors (Lipinski definition) is 1. The molecule has 1 aromatic carbocycles. The van der Waals surface area contributed by atoms with Gasteiger partial charge in [-0.25, -0.2) is 4.79 Å². The Kier molecular flexibility index (Phi) is 5.68. The maximum Gasteiger partial charge on any atom is 0.334 e. The van der Waals surface area contributed by atoms with Crippen molar-refractivity contribution < 1.29 is 19.4 Å². The lowest BCUT2D eigenvalue weighted by Gasteiger charge is -2.30. The summed E-state index contributed by atoms with van der Waals surface area (Å²) in [6.07, 6.45) is 2.26. The maximum absolute atomic E-state index is 13.0. The van der Waals surface area contributed by atoms with Crippen molar-refractivity contribution in [3.8, 4) is 0 Å². The van der Waals surface area contributed by atoms with E-state index in [0.717, 1.165) is 24.1 Å². The molecule has 1 aromatic heterocycles. The Balaban J connectivity index is 1.82. The van der Waals surface area contributed by atoms with Gasteiger partial charge in [0.1, 0.15) is 0 Å². The molecule has 1 aliphatic rings. The summed E-state index contributed by atoms with van der Waals surface area (Å²) in [5.41, 5.74) is 2.55. The lowest BCUT2D eigenvalue weighted by atomic mass is 10.1. The monoisotopic (exact) mass is 357 g/mol. The second-order valence-electron chi connectivity index (χ2n) is 6.35. The SMILES string of the molecule is CCCc1c(C(=O)N2CCO[C@@H](C(=O)O)C2)cnn1Cc1ccccc1. The average molecular weight is 357 g/mol. The molecule has 0 bridgehead atoms. The predicted octanol–water partition coefficient (Wildman–Crippen LogP) is 1.81. The summed E-state index contributed by atoms with van der Waals surface area (Å²) in [6.45, 7) is 3.33. The smallest absolute Gasteiger partial charge is 0.334 e. The molecule has 7 heteroatoms. The molecule has 0 spiro atoms. The molecule has 0 radical (unpaired) electrons. The summed E-state index contributed by atoms with van der Waals surface area (Å²) < 4.78 is 7.07. The van der Waals surface area contributed by atoms with Crippen LogP contribution < -0.4 is 0 Å². The van der Waals surface area contributed by atoms with Gasteiger partial charge in [0, 0.05) is 6.54 Å². The van der Waals surface area contributed by atoms with Gasteiger partial charge in [0.15, 0.2) is 6.10 Å². The van der Waals surface area contributed by atoms with Crippen LogP contribution in [0.15, 0.2) is 36.5 Å². The lowest BCUT2D eigenvalue weighted by Crippen LogP contribution is -2.48. The van der Waals surface area contributed by atoms with Crippen LogP contribution in [0.1, 0.15) is 35.0 Å². The molecule has 1 N–H and O–H groups in total. The fourth-order valence-electron chi connectivity index (χ4n) is 3.14. The van der Waals surface area contributed by atoms with Gasteiger partial charge in [0.05, 0.1) is 37.2 Å². The molecule has 1 aliphatic heterocycles. The Hall–Kier alpha value is -2.67. The quantitative estimate of drug-likeness (QED) is 0.852. The van der Waals surface area contributed by atoms with Crippen molar-refractivity contribution in [3.05, 3.63) is 53.3 Å². The van der Waals surface area contributed by atoms with Gasteiger partial charge in [-0.15, -0.1) is 0 Å². The number of hydrogen-bond acceptors (Lipinski definition) is 4. The number of nitrogens with zero attached hydrogens (tertiary/aromatic N) is 3. The topological polar surface area (TPSA) is 84.7 Å². The summed E-state index contributed by atoms with van der Waals surface area (Å²) in [6, 6.07) is 9.97. The molecular formula is C19H23N3O4. The van der Waals surface area contributed by atoms with Gasteiger partial charge in [-0.2, -0.15) is 5.10 Å². The molecule has 1 atom stereocenters. The Morgan fingerprint density at radius 3 is 2.77 bits per heavy atom. The number of aromatic nitrogens is 2. The van der Waals surface area contributed by atoms with Crippen molar-refractivity contribution in [1.82, 2.24) is 14.7 Å². The first-order chi connectivity index (χ1) is 12.6. The zero-order valence-corrected chi connectivity index (χ0v) is 14.8. The third-order valence-electron chi connectivity index (χ3n) is 4.47. The van der Waals surface area contributed by atoms with Crippen LogP contribution in [0, 0.1) is 0 Å². The Bertz CT molecular complexity index is 772. The summed E-state index contributed by atoms with van der Waals surface area (Å²) in [5, 5.41) is 13.6. The van der Waals surface area contributed by atoms with E-state index in [1.807, 2.05) is 35.0 Å². The minimum absolute atomic E-state index is 0.0591. The highest BCUT2D eigenvalue weighted by Crippen LogP contribution is 2.18. The van der Waals surface area contributed by atoms with E-state index in [1.54, 1.807) is 11.1 Å². The van der Waals surface area contributed by atoms with Crippen LogP contribution in [-0.2, 0) is 22.5 Å². The average Bonchev–Trinajstić information content (AvgIpc) is 3.05. The number of ether oxygens (including phenoxy) is 1. The third kappa shape index (κ3) is 3.94. The number of carbonyl (C=O) groups is 2. The van der Waals surface area contributed by atoms with Crippen LogP contribution in [0.2, 0.25) is 0 Å². The zero-order valence-electron chi connectivity index (χ0n) is 14.8. The molecule has 1 fully saturated rings. The summed E-state index contributed by atoms with van der Waals surface area (Å²) in [4.78, 5) is 25.7. The zero-order chi connectivity index (χ0) is 18.5. The van der Waals surface area contributed by atoms with Crippen molar-refractivity contribution >= 4 is 11.9 Å². The molecule has 1 amide bonds. The molecule has 2 aromatic rings. The summed E-state index contributed by atoms with van der Waals surface area (Å²) in [5.74, 6) is -1.22. The van der Waals surface area contributed by atoms with Crippen molar-refractivity contribution in [1.29, 1.82) is 0 Å². The molecule has 0 saturated carbocycles. The van der Waals surface area contributed by atoms with Gasteiger partial charge >= 0.3 is 5.97 Å². The van der Waals surface area contributed by atoms with E-state index in [0.29, 0.717) is 18.7 Å². The highest BCUT2D eigenvalue weighted by Gasteiger charge is 2.31. The summed E-state index contributed by atoms with van der Waals surface area (Å²) >= 11 is 0. The normalized spacial score (nSPS) is 17.3. The van der Waals surface area contributed by atoms with Crippen LogP contribution in [0.3, 0.4) is 0 Å². The lowest BCUT2D eigenvalue weighted by molar-refractivity contribution is -0.154. The van der Waals surface area contributed by atoms with Crippen molar-refractivity contribution in [3.63, 3.8) is 0 Å². The van der Waals surface area contributed by atoms with Crippen LogP contribution in [0.25, 0.3) is 0 Å². The molecule has 0 unspecified atom stereocenters. The van der Waals surface area contributed by atoms with E-state index in [-0.39, 0.29) is 19.1 Å². The molecule has 2 heterocycles. The molecule has 26 heavy (non-hydrogen) atoms. The summed E-state index contributed by atoms with van der Waals surface area (Å²) in [7, 11) is 0. The highest BCUT2D eigenvalue weighted by atomic mass is 16.5. The van der Waals surface area contributed by atoms with Gasteiger partial charge in [0.25, 0.3) is 5.91 Å². The number of carboxylic acid groups (broad SMARTS) is 1. The number of benzene rings is 1. The minimum atomic E-state index is -1.05. The number of rotatable bonds is 6. The second-order valence-corrected chi connectivity index (χ2v) is 6.35. The van der Waals surface area contributed by atoms with Gasteiger partial charge in [-0.3, -0.25) is 9.48 Å². The number of aliphatic carboxylic acids is 1. The largest absolute Gasteiger partial charge is 0.479 e. The number of carboxylic acids is 1. The van der Waals surface area contributed by atoms with Gasteiger partial charge < -0.3 is 14.7 Å². The second kappa shape index (κ2) is 8.14. The van der Waals surface area contributed by atoms with E-state index >= 15 is 0 Å². The number of carbonyl (C=O) groups excluding carboxylic acids is 1. The van der Waals surface area contributed by atoms with Crippen molar-refractivity contribution in [2.45, 2.75) is 32.4 Å². The van der Waals surface area contributed by atoms with E-state index in [4.69, 9.17) is 9.84 Å². The van der Waals surface area contributed by atoms with Crippen molar-refractivity contribution in [2.75, 3.05) is 19.7 Å². The highest BCUT2D eigenvalue weighted by molar-refractivity contribution is 5.95. The molecule has 7 nitrogen and oxygen atoms in total. The molecule has 3 rings (SSSR count). The van der Waals surface area contributed by atoms with Crippen LogP contribution >= 0.6 is 0 Å². The van der Waals surface area contributed by atoms with Gasteiger partial charge in [-0.05, 0) is 12.0 Å². The van der Waals surface area contributed by atoms with E-state index in [2.05, 4.69) is 12.0 Å². The fourth-order valence-corrected chi connectivity index (χ4v) is 3.14. The van der Waals surface area contributed by atoms with E-state index in [9.17, 15) is 9.59 Å². The first-order valence-corrected chi connectivity index (χ1v) is 8.82. The maximum atomic E-state index is 13.0. The van der Waals surface area contributed by atoms with E-state index in [1.165, 1.54) is 0 Å². The standard InChI is InChI=1S/C19H23N3O4/c1-2-6-16-15(11-20-22(16)12-14-7-4-3-5-8-14)18(23)21-9-10-26-17(13-21)19(24)25/h3-5,7-8,11,17H,2,6,9-10,12-13H2,1H3,(H,24,25)/t17-/m1/s1. The number of amides is 1. The molecule has 1 saturated heterocycles. The van der Waals surface area contributed by atoms with Gasteiger partial charge in [-0.1, -0.05) is 43.7 Å². The van der Waals surface area contributed by atoms with E-state index < -0.39 is 12.1 Å². The molecule has 138 valence electrons. The van der Waals surface area contributed by atoms with Crippen molar-refractivity contribution in [2.24, 2.45) is 0 Å². The molecular weight excluding hydrogens is 334 g/mol. The van der Waals surface area contributed by atoms with Crippen LogP contribution in [-0.4, -0.2) is 57.5 Å². The Morgan fingerprint density at radius 1 is 1.31 bits per heavy atom. The Morgan fingerprint density at radius 2 is 2.08 bits per heavy atom. The first-order valence-electron chi connectivity index (χ1n) is 8.82. The van der Waals surface area contributed by atoms with Crippen LogP contribution in [0.5, 0.6) is 0 Å². The Labute approximate surface area is 152 Å². The third-order valence-corrected chi connectivity index (χ3v) is 4.47. The predicted molar refractivity (Wildman–Crippen MR) is 95.0 cm³/mol. The minimum Gasteiger partial charge on any atom is -0.479 e. The molecule has 0 aliphatic carbocycles. The van der Waals surface area contributed by atoms with Crippen LogP contribution in [0.4, 0.5) is 0 Å². The number of morpholine rings is 1. The van der Waals surface area contributed by atoms with Gasteiger partial charge in [0.2, 0.25) is 0 Å². The fraction of sp³-hybridized carbons (Fsp3) is 0.421.